The number of hydrogen-bond acceptors (Lipinski definition) is 6. The molecular formula is C72H124O6. The van der Waals surface area contributed by atoms with E-state index >= 15 is 0 Å². The highest BCUT2D eigenvalue weighted by atomic mass is 16.6. The van der Waals surface area contributed by atoms with Gasteiger partial charge in [-0.3, -0.25) is 14.4 Å². The molecule has 0 aromatic carbocycles. The second-order valence-electron chi connectivity index (χ2n) is 22.0. The number of unbranched alkanes of at least 4 members (excludes halogenated alkanes) is 33. The fraction of sp³-hybridized carbons (Fsp3) is 0.736. The van der Waals surface area contributed by atoms with Gasteiger partial charge in [-0.15, -0.1) is 0 Å². The van der Waals surface area contributed by atoms with Crippen LogP contribution in [0, 0.1) is 0 Å². The first-order chi connectivity index (χ1) is 38.5. The Hall–Kier alpha value is -3.67. The zero-order valence-corrected chi connectivity index (χ0v) is 51.4. The third kappa shape index (κ3) is 63.2. The normalized spacial score (nSPS) is 12.7. The van der Waals surface area contributed by atoms with Gasteiger partial charge in [0.05, 0.1) is 0 Å². The average Bonchev–Trinajstić information content (AvgIpc) is 3.44. The van der Waals surface area contributed by atoms with Gasteiger partial charge in [0.1, 0.15) is 13.2 Å². The predicted octanol–water partition coefficient (Wildman–Crippen LogP) is 22.8. The van der Waals surface area contributed by atoms with Crippen molar-refractivity contribution in [3.05, 3.63) is 97.2 Å². The largest absolute Gasteiger partial charge is 0.462 e. The fourth-order valence-corrected chi connectivity index (χ4v) is 9.31. The Morgan fingerprint density at radius 2 is 0.513 bits per heavy atom. The van der Waals surface area contributed by atoms with Crippen molar-refractivity contribution in [3.63, 3.8) is 0 Å². The molecule has 0 saturated heterocycles. The molecule has 448 valence electrons. The van der Waals surface area contributed by atoms with Gasteiger partial charge in [-0.05, 0) is 116 Å². The molecule has 1 atom stereocenters. The molecule has 6 nitrogen and oxygen atoms in total. The fourth-order valence-electron chi connectivity index (χ4n) is 9.31. The van der Waals surface area contributed by atoms with Crippen LogP contribution in [0.15, 0.2) is 97.2 Å². The second-order valence-corrected chi connectivity index (χ2v) is 22.0. The lowest BCUT2D eigenvalue weighted by molar-refractivity contribution is -0.167. The number of esters is 3. The molecule has 0 N–H and O–H groups in total. The predicted molar refractivity (Wildman–Crippen MR) is 339 cm³/mol. The molecule has 6 heteroatoms. The summed E-state index contributed by atoms with van der Waals surface area (Å²) in [5, 5.41) is 0. The molecule has 0 aliphatic carbocycles. The Morgan fingerprint density at radius 3 is 0.821 bits per heavy atom. The number of carbonyl (C=O) groups is 3. The lowest BCUT2D eigenvalue weighted by atomic mass is 10.0. The molecule has 0 saturated carbocycles. The van der Waals surface area contributed by atoms with Crippen LogP contribution in [-0.2, 0) is 28.6 Å². The maximum atomic E-state index is 12.9. The average molecular weight is 1090 g/mol. The number of rotatable bonds is 60. The smallest absolute Gasteiger partial charge is 0.306 e. The Bertz CT molecular complexity index is 1530. The van der Waals surface area contributed by atoms with Gasteiger partial charge >= 0.3 is 17.9 Å². The SMILES string of the molecule is CC/C=C\C/C=C\C/C=C\CCCCCCCCCC(=O)OC(COC(=O)CCCCCCC/C=C\C/C=C\CCCC)COC(=O)CCCCCCCCCCCCCCCC/C=C\C/C=C\C/C=C\CCCCCCC. The summed E-state index contributed by atoms with van der Waals surface area (Å²) in [4.78, 5) is 38.3. The third-order valence-corrected chi connectivity index (χ3v) is 14.3. The molecule has 0 aliphatic heterocycles. The van der Waals surface area contributed by atoms with E-state index in [0.29, 0.717) is 19.3 Å². The first-order valence-electron chi connectivity index (χ1n) is 33.2. The summed E-state index contributed by atoms with van der Waals surface area (Å²) in [5.74, 6) is -0.900. The molecule has 0 bridgehead atoms. The van der Waals surface area contributed by atoms with Gasteiger partial charge < -0.3 is 14.2 Å². The molecule has 0 aromatic heterocycles. The van der Waals surface area contributed by atoms with Crippen LogP contribution < -0.4 is 0 Å². The summed E-state index contributed by atoms with van der Waals surface area (Å²) in [5.41, 5.74) is 0. The molecule has 0 radical (unpaired) electrons. The highest BCUT2D eigenvalue weighted by Gasteiger charge is 2.19. The third-order valence-electron chi connectivity index (χ3n) is 14.3. The summed E-state index contributed by atoms with van der Waals surface area (Å²) in [6, 6.07) is 0. The van der Waals surface area contributed by atoms with Gasteiger partial charge in [-0.1, -0.05) is 285 Å². The molecule has 0 aliphatic rings. The van der Waals surface area contributed by atoms with E-state index in [9.17, 15) is 14.4 Å². The Kier molecular flexibility index (Phi) is 62.7. The van der Waals surface area contributed by atoms with Gasteiger partial charge in [0.25, 0.3) is 0 Å². The summed E-state index contributed by atoms with van der Waals surface area (Å²) in [6.45, 7) is 6.48. The minimum absolute atomic E-state index is 0.0854. The summed E-state index contributed by atoms with van der Waals surface area (Å²) < 4.78 is 16.9. The van der Waals surface area contributed by atoms with Gasteiger partial charge in [-0.2, -0.15) is 0 Å². The van der Waals surface area contributed by atoms with Gasteiger partial charge in [-0.25, -0.2) is 0 Å². The van der Waals surface area contributed by atoms with E-state index in [1.54, 1.807) is 0 Å². The highest BCUT2D eigenvalue weighted by molar-refractivity contribution is 5.71. The molecule has 1 unspecified atom stereocenters. The number of ether oxygens (including phenoxy) is 3. The van der Waals surface area contributed by atoms with Crippen LogP contribution in [0.2, 0.25) is 0 Å². The van der Waals surface area contributed by atoms with Crippen LogP contribution in [0.3, 0.4) is 0 Å². The van der Waals surface area contributed by atoms with Crippen LogP contribution >= 0.6 is 0 Å². The lowest BCUT2D eigenvalue weighted by Crippen LogP contribution is -2.30. The molecule has 0 amide bonds. The highest BCUT2D eigenvalue weighted by Crippen LogP contribution is 2.16. The van der Waals surface area contributed by atoms with Crippen LogP contribution in [0.5, 0.6) is 0 Å². The first-order valence-corrected chi connectivity index (χ1v) is 33.2. The van der Waals surface area contributed by atoms with E-state index in [4.69, 9.17) is 14.2 Å². The zero-order chi connectivity index (χ0) is 56.4. The Morgan fingerprint density at radius 1 is 0.269 bits per heavy atom. The van der Waals surface area contributed by atoms with E-state index in [-0.39, 0.29) is 31.1 Å². The molecular weight excluding hydrogens is 961 g/mol. The van der Waals surface area contributed by atoms with Crippen LogP contribution in [0.1, 0.15) is 323 Å². The zero-order valence-electron chi connectivity index (χ0n) is 51.4. The van der Waals surface area contributed by atoms with Crippen molar-refractivity contribution in [1.29, 1.82) is 0 Å². The van der Waals surface area contributed by atoms with Crippen molar-refractivity contribution in [3.8, 4) is 0 Å². The summed E-state index contributed by atoms with van der Waals surface area (Å²) in [7, 11) is 0. The van der Waals surface area contributed by atoms with Crippen molar-refractivity contribution >= 4 is 17.9 Å². The minimum Gasteiger partial charge on any atom is -0.462 e. The van der Waals surface area contributed by atoms with Crippen molar-refractivity contribution in [2.24, 2.45) is 0 Å². The monoisotopic (exact) mass is 1080 g/mol. The van der Waals surface area contributed by atoms with Gasteiger partial charge in [0.2, 0.25) is 0 Å². The molecule has 0 rings (SSSR count). The molecule has 0 fully saturated rings. The standard InChI is InChI=1S/C72H124O6/c1-4-7-10-13-16-19-22-25-28-30-31-32-33-34-35-36-37-38-39-40-41-43-44-47-50-53-56-59-62-65-71(74)77-68-69(67-76-70(73)64-61-58-55-52-49-46-27-24-21-18-15-12-9-6-3)78-72(75)66-63-60-57-54-51-48-45-42-29-26-23-20-17-14-11-8-5-2/h8,11,15,17-18,20,22,24-27,29-31,33-34,69H,4-7,9-10,12-14,16,19,21,23,28,32,35-68H2,1-3H3/b11-8-,18-15-,20-17-,25-22-,27-24-,29-26-,31-30-,34-33-. The minimum atomic E-state index is -0.790. The molecule has 0 heterocycles. The number of allylic oxidation sites excluding steroid dienone is 16. The van der Waals surface area contributed by atoms with Crippen LogP contribution in [-0.4, -0.2) is 37.2 Å². The van der Waals surface area contributed by atoms with Crippen molar-refractivity contribution in [2.45, 2.75) is 329 Å². The van der Waals surface area contributed by atoms with E-state index < -0.39 is 6.10 Å². The Labute approximate surface area is 483 Å². The van der Waals surface area contributed by atoms with E-state index in [1.807, 2.05) is 0 Å². The van der Waals surface area contributed by atoms with Crippen molar-refractivity contribution in [2.75, 3.05) is 13.2 Å². The molecule has 0 aromatic rings. The summed E-state index contributed by atoms with van der Waals surface area (Å²) in [6.07, 6.45) is 88.5. The van der Waals surface area contributed by atoms with Crippen LogP contribution in [0.25, 0.3) is 0 Å². The quantitative estimate of drug-likeness (QED) is 0.0261. The van der Waals surface area contributed by atoms with E-state index in [1.165, 1.54) is 161 Å². The number of carbonyl (C=O) groups excluding carboxylic acids is 3. The molecule has 78 heavy (non-hydrogen) atoms. The maximum absolute atomic E-state index is 12.9. The van der Waals surface area contributed by atoms with E-state index in [0.717, 1.165) is 122 Å². The number of hydrogen-bond donors (Lipinski definition) is 0. The van der Waals surface area contributed by atoms with Crippen LogP contribution in [0.4, 0.5) is 0 Å². The lowest BCUT2D eigenvalue weighted by Gasteiger charge is -2.18. The van der Waals surface area contributed by atoms with E-state index in [2.05, 4.69) is 118 Å². The van der Waals surface area contributed by atoms with Gasteiger partial charge in [0.15, 0.2) is 6.10 Å². The Balaban J connectivity index is 4.27. The maximum Gasteiger partial charge on any atom is 0.306 e. The van der Waals surface area contributed by atoms with Crippen molar-refractivity contribution < 1.29 is 28.6 Å². The van der Waals surface area contributed by atoms with Gasteiger partial charge in [0, 0.05) is 19.3 Å². The van der Waals surface area contributed by atoms with Crippen molar-refractivity contribution in [1.82, 2.24) is 0 Å². The topological polar surface area (TPSA) is 78.9 Å². The molecule has 0 spiro atoms. The summed E-state index contributed by atoms with van der Waals surface area (Å²) >= 11 is 0. The second kappa shape index (κ2) is 65.8. The first kappa shape index (κ1) is 74.3.